The molecule has 1 amide bonds. The third-order valence-corrected chi connectivity index (χ3v) is 5.27. The Balaban J connectivity index is 1.81. The van der Waals surface area contributed by atoms with Gasteiger partial charge in [-0.2, -0.15) is 5.26 Å². The number of fused-ring (bicyclic) bond motifs is 1. The monoisotopic (exact) mass is 328 g/mol. The normalized spacial score (nSPS) is 29.0. The van der Waals surface area contributed by atoms with Gasteiger partial charge in [-0.1, -0.05) is 0 Å². The molecule has 2 fully saturated rings. The molecule has 2 aliphatic rings. The lowest BCUT2D eigenvalue weighted by Crippen LogP contribution is -2.48. The number of nitriles is 1. The van der Waals surface area contributed by atoms with E-state index < -0.39 is 6.10 Å². The summed E-state index contributed by atoms with van der Waals surface area (Å²) in [6.45, 7) is 6.99. The van der Waals surface area contributed by atoms with E-state index in [-0.39, 0.29) is 11.9 Å². The molecule has 128 valence electrons. The fourth-order valence-electron chi connectivity index (χ4n) is 4.20. The molecule has 2 N–H and O–H groups in total. The summed E-state index contributed by atoms with van der Waals surface area (Å²) in [5.74, 6) is 1.43. The average Bonchev–Trinajstić information content (AvgIpc) is 2.89. The molecule has 3 rings (SSSR count). The molecule has 2 heterocycles. The molecule has 1 aliphatic carbocycles. The van der Waals surface area contributed by atoms with Crippen LogP contribution in [0.15, 0.2) is 6.07 Å². The Morgan fingerprint density at radius 2 is 2.04 bits per heavy atom. The van der Waals surface area contributed by atoms with Crippen LogP contribution in [0.4, 0.5) is 5.82 Å². The maximum atomic E-state index is 11.3. The molecule has 0 spiro atoms. The number of amides is 1. The predicted octanol–water partition coefficient (Wildman–Crippen LogP) is 1.28. The number of nitrogens with zero attached hydrogens (tertiary/aromatic N) is 3. The molecule has 0 unspecified atom stereocenters. The summed E-state index contributed by atoms with van der Waals surface area (Å²) in [5, 5.41) is 22.7. The number of aliphatic hydroxyl groups is 1. The minimum atomic E-state index is -0.502. The second-order valence-corrected chi connectivity index (χ2v) is 7.16. The van der Waals surface area contributed by atoms with Crippen LogP contribution in [-0.2, 0) is 4.79 Å². The summed E-state index contributed by atoms with van der Waals surface area (Å²) >= 11 is 0. The number of pyridine rings is 1. The molecule has 24 heavy (non-hydrogen) atoms. The molecule has 1 aromatic heterocycles. The lowest BCUT2D eigenvalue weighted by atomic mass is 9.77. The molecule has 0 bridgehead atoms. The van der Waals surface area contributed by atoms with Gasteiger partial charge in [0.05, 0.1) is 17.7 Å². The van der Waals surface area contributed by atoms with E-state index in [1.54, 1.807) is 0 Å². The number of aryl methyl sites for hydroxylation is 2. The average molecular weight is 328 g/mol. The van der Waals surface area contributed by atoms with Gasteiger partial charge in [-0.05, 0) is 50.2 Å². The van der Waals surface area contributed by atoms with Crippen molar-refractivity contribution in [2.75, 3.05) is 18.0 Å². The van der Waals surface area contributed by atoms with Crippen LogP contribution in [0, 0.1) is 37.0 Å². The van der Waals surface area contributed by atoms with Gasteiger partial charge in [-0.15, -0.1) is 0 Å². The van der Waals surface area contributed by atoms with Crippen molar-refractivity contribution in [2.45, 2.75) is 45.8 Å². The zero-order chi connectivity index (χ0) is 17.4. The highest BCUT2D eigenvalue weighted by Gasteiger charge is 2.42. The number of carbonyl (C=O) groups is 1. The molecule has 4 atom stereocenters. The highest BCUT2D eigenvalue weighted by Crippen LogP contribution is 2.39. The molecule has 1 aliphatic heterocycles. The van der Waals surface area contributed by atoms with Crippen molar-refractivity contribution in [2.24, 2.45) is 11.8 Å². The van der Waals surface area contributed by atoms with E-state index in [0.29, 0.717) is 23.8 Å². The summed E-state index contributed by atoms with van der Waals surface area (Å²) in [6.07, 6.45) is 0.950. The predicted molar refractivity (Wildman–Crippen MR) is 90.5 cm³/mol. The standard InChI is InChI=1S/C18H24N4O2/c1-10-4-11(2)20-18(15(10)7-19)22-8-13-5-16(21-12(3)23)17(24)6-14(13)9-22/h4,13-14,16-17,24H,5-6,8-9H2,1-3H3,(H,21,23)/t13-,14+,16-,17-/m1/s1. The van der Waals surface area contributed by atoms with E-state index in [4.69, 9.17) is 0 Å². The van der Waals surface area contributed by atoms with E-state index in [2.05, 4.69) is 21.3 Å². The first kappa shape index (κ1) is 16.7. The largest absolute Gasteiger partial charge is 0.391 e. The van der Waals surface area contributed by atoms with Gasteiger partial charge in [0.25, 0.3) is 0 Å². The van der Waals surface area contributed by atoms with E-state index >= 15 is 0 Å². The number of hydrogen-bond donors (Lipinski definition) is 2. The van der Waals surface area contributed by atoms with Crippen LogP contribution in [0.2, 0.25) is 0 Å². The van der Waals surface area contributed by atoms with Crippen molar-refractivity contribution in [3.63, 3.8) is 0 Å². The highest BCUT2D eigenvalue weighted by atomic mass is 16.3. The van der Waals surface area contributed by atoms with Gasteiger partial charge in [-0.3, -0.25) is 4.79 Å². The second kappa shape index (κ2) is 6.40. The van der Waals surface area contributed by atoms with Crippen LogP contribution >= 0.6 is 0 Å². The van der Waals surface area contributed by atoms with Crippen molar-refractivity contribution in [3.05, 3.63) is 22.9 Å². The number of carbonyl (C=O) groups excluding carboxylic acids is 1. The van der Waals surface area contributed by atoms with Gasteiger partial charge in [0.2, 0.25) is 5.91 Å². The van der Waals surface area contributed by atoms with E-state index in [1.165, 1.54) is 6.92 Å². The number of aromatic nitrogens is 1. The molecular weight excluding hydrogens is 304 g/mol. The van der Waals surface area contributed by atoms with Crippen molar-refractivity contribution < 1.29 is 9.90 Å². The fourth-order valence-corrected chi connectivity index (χ4v) is 4.20. The maximum absolute atomic E-state index is 11.3. The quantitative estimate of drug-likeness (QED) is 0.854. The van der Waals surface area contributed by atoms with E-state index in [9.17, 15) is 15.2 Å². The van der Waals surface area contributed by atoms with Crippen molar-refractivity contribution in [3.8, 4) is 6.07 Å². The van der Waals surface area contributed by atoms with Crippen LogP contribution in [0.25, 0.3) is 0 Å². The first-order chi connectivity index (χ1) is 11.4. The Hall–Kier alpha value is -2.13. The zero-order valence-corrected chi connectivity index (χ0v) is 14.4. The summed E-state index contributed by atoms with van der Waals surface area (Å²) in [4.78, 5) is 18.1. The first-order valence-electron chi connectivity index (χ1n) is 8.47. The third-order valence-electron chi connectivity index (χ3n) is 5.27. The molecule has 1 saturated heterocycles. The number of nitrogens with one attached hydrogen (secondary N) is 1. The van der Waals surface area contributed by atoms with Gasteiger partial charge >= 0.3 is 0 Å². The van der Waals surface area contributed by atoms with Crippen LogP contribution in [0.1, 0.15) is 36.6 Å². The molecular formula is C18H24N4O2. The Labute approximate surface area is 142 Å². The Kier molecular flexibility index (Phi) is 4.46. The minimum absolute atomic E-state index is 0.102. The lowest BCUT2D eigenvalue weighted by molar-refractivity contribution is -0.121. The van der Waals surface area contributed by atoms with Crippen molar-refractivity contribution in [1.29, 1.82) is 5.26 Å². The molecule has 0 radical (unpaired) electrons. The summed E-state index contributed by atoms with van der Waals surface area (Å²) in [7, 11) is 0. The zero-order valence-electron chi connectivity index (χ0n) is 14.4. The molecule has 0 aromatic carbocycles. The third kappa shape index (κ3) is 3.09. The number of hydrogen-bond acceptors (Lipinski definition) is 5. The lowest BCUT2D eigenvalue weighted by Gasteiger charge is -2.35. The van der Waals surface area contributed by atoms with Gasteiger partial charge in [0.1, 0.15) is 11.9 Å². The highest BCUT2D eigenvalue weighted by molar-refractivity contribution is 5.73. The number of aliphatic hydroxyl groups excluding tert-OH is 1. The van der Waals surface area contributed by atoms with Crippen LogP contribution in [-0.4, -0.2) is 41.2 Å². The summed E-state index contributed by atoms with van der Waals surface area (Å²) in [6, 6.07) is 4.04. The minimum Gasteiger partial charge on any atom is -0.391 e. The van der Waals surface area contributed by atoms with E-state index in [0.717, 1.165) is 36.6 Å². The smallest absolute Gasteiger partial charge is 0.217 e. The van der Waals surface area contributed by atoms with Gasteiger partial charge in [0, 0.05) is 25.7 Å². The molecule has 1 aromatic rings. The van der Waals surface area contributed by atoms with Gasteiger partial charge in [0.15, 0.2) is 0 Å². The number of anilines is 1. The Morgan fingerprint density at radius 3 is 2.67 bits per heavy atom. The van der Waals surface area contributed by atoms with Crippen LogP contribution < -0.4 is 10.2 Å². The van der Waals surface area contributed by atoms with Gasteiger partial charge in [-0.25, -0.2) is 4.98 Å². The summed E-state index contributed by atoms with van der Waals surface area (Å²) < 4.78 is 0. The Bertz CT molecular complexity index is 697. The molecule has 6 nitrogen and oxygen atoms in total. The second-order valence-electron chi connectivity index (χ2n) is 7.16. The fraction of sp³-hybridized carbons (Fsp3) is 0.611. The first-order valence-corrected chi connectivity index (χ1v) is 8.47. The van der Waals surface area contributed by atoms with Crippen molar-refractivity contribution >= 4 is 11.7 Å². The SMILES string of the molecule is CC(=O)N[C@@H]1C[C@@H]2CN(c3nc(C)cc(C)c3C#N)C[C@@H]2C[C@H]1O. The molecule has 6 heteroatoms. The van der Waals surface area contributed by atoms with Crippen molar-refractivity contribution in [1.82, 2.24) is 10.3 Å². The topological polar surface area (TPSA) is 89.3 Å². The number of rotatable bonds is 2. The van der Waals surface area contributed by atoms with Crippen LogP contribution in [0.3, 0.4) is 0 Å². The molecule has 1 saturated carbocycles. The van der Waals surface area contributed by atoms with Crippen LogP contribution in [0.5, 0.6) is 0 Å². The Morgan fingerprint density at radius 1 is 1.38 bits per heavy atom. The summed E-state index contributed by atoms with van der Waals surface area (Å²) in [5.41, 5.74) is 2.50. The maximum Gasteiger partial charge on any atom is 0.217 e. The van der Waals surface area contributed by atoms with Gasteiger partial charge < -0.3 is 15.3 Å². The van der Waals surface area contributed by atoms with E-state index in [1.807, 2.05) is 19.9 Å².